The molecule has 2 aromatic carbocycles. The zero-order valence-electron chi connectivity index (χ0n) is 14.5. The smallest absolute Gasteiger partial charge is 0.253 e. The number of likely N-dealkylation sites (tertiary alicyclic amines) is 1. The van der Waals surface area contributed by atoms with E-state index in [0.717, 1.165) is 49.9 Å². The fourth-order valence-electron chi connectivity index (χ4n) is 3.43. The lowest BCUT2D eigenvalue weighted by atomic mass is 9.91. The number of rotatable bonds is 4. The number of halogens is 1. The van der Waals surface area contributed by atoms with Crippen molar-refractivity contribution < 1.29 is 14.3 Å². The van der Waals surface area contributed by atoms with E-state index in [-0.39, 0.29) is 17.5 Å². The number of hydrogen-bond donors (Lipinski definition) is 1. The van der Waals surface area contributed by atoms with Gasteiger partial charge in [0, 0.05) is 18.7 Å². The van der Waals surface area contributed by atoms with Gasteiger partial charge in [0.25, 0.3) is 5.91 Å². The monoisotopic (exact) mass is 341 g/mol. The summed E-state index contributed by atoms with van der Waals surface area (Å²) in [5, 5.41) is 9.83. The van der Waals surface area contributed by atoms with Crippen molar-refractivity contribution in [3.05, 3.63) is 65.0 Å². The number of piperidine rings is 1. The molecule has 3 nitrogen and oxygen atoms in total. The normalized spacial score (nSPS) is 17.5. The largest absolute Gasteiger partial charge is 0.508 e. The summed E-state index contributed by atoms with van der Waals surface area (Å²) in [4.78, 5) is 14.6. The highest BCUT2D eigenvalue weighted by Gasteiger charge is 2.24. The zero-order valence-corrected chi connectivity index (χ0v) is 14.5. The van der Waals surface area contributed by atoms with Crippen LogP contribution < -0.4 is 0 Å². The third kappa shape index (κ3) is 4.38. The van der Waals surface area contributed by atoms with E-state index >= 15 is 0 Å². The quantitative estimate of drug-likeness (QED) is 0.899. The van der Waals surface area contributed by atoms with Crippen molar-refractivity contribution >= 4 is 5.91 Å². The van der Waals surface area contributed by atoms with Crippen molar-refractivity contribution in [2.75, 3.05) is 13.1 Å². The molecule has 0 radical (unpaired) electrons. The molecule has 0 bridgehead atoms. The Morgan fingerprint density at radius 3 is 2.72 bits per heavy atom. The fourth-order valence-corrected chi connectivity index (χ4v) is 3.43. The predicted octanol–water partition coefficient (Wildman–Crippen LogP) is 4.32. The zero-order chi connectivity index (χ0) is 17.8. The van der Waals surface area contributed by atoms with Crippen molar-refractivity contribution in [1.82, 2.24) is 4.90 Å². The molecule has 0 spiro atoms. The van der Waals surface area contributed by atoms with Crippen LogP contribution in [0.25, 0.3) is 0 Å². The average Bonchev–Trinajstić information content (AvgIpc) is 2.63. The van der Waals surface area contributed by atoms with Crippen LogP contribution in [0.15, 0.2) is 42.5 Å². The highest BCUT2D eigenvalue weighted by atomic mass is 19.1. The van der Waals surface area contributed by atoms with Gasteiger partial charge in [-0.1, -0.05) is 18.2 Å². The molecule has 1 aliphatic rings. The van der Waals surface area contributed by atoms with Gasteiger partial charge in [0.2, 0.25) is 0 Å². The van der Waals surface area contributed by atoms with E-state index in [4.69, 9.17) is 0 Å². The minimum absolute atomic E-state index is 0.0122. The first-order chi connectivity index (χ1) is 12.0. The number of aromatic hydroxyl groups is 1. The number of aryl methyl sites for hydroxylation is 2. The number of amides is 1. The molecular weight excluding hydrogens is 317 g/mol. The first kappa shape index (κ1) is 17.5. The van der Waals surface area contributed by atoms with E-state index in [0.29, 0.717) is 11.5 Å². The summed E-state index contributed by atoms with van der Waals surface area (Å²) >= 11 is 0. The van der Waals surface area contributed by atoms with Crippen LogP contribution in [0.1, 0.15) is 40.7 Å². The molecule has 1 N–H and O–H groups in total. The van der Waals surface area contributed by atoms with Gasteiger partial charge in [-0.25, -0.2) is 4.39 Å². The Balaban J connectivity index is 1.59. The summed E-state index contributed by atoms with van der Waals surface area (Å²) in [6.45, 7) is 3.32. The van der Waals surface area contributed by atoms with Gasteiger partial charge in [0.1, 0.15) is 11.6 Å². The molecule has 3 rings (SSSR count). The van der Waals surface area contributed by atoms with E-state index in [9.17, 15) is 14.3 Å². The third-order valence-electron chi connectivity index (χ3n) is 5.02. The predicted molar refractivity (Wildman–Crippen MR) is 96.2 cm³/mol. The number of nitrogens with zero attached hydrogens (tertiary/aromatic N) is 1. The molecule has 132 valence electrons. The van der Waals surface area contributed by atoms with Gasteiger partial charge >= 0.3 is 0 Å². The van der Waals surface area contributed by atoms with Crippen LogP contribution in [0, 0.1) is 18.7 Å². The van der Waals surface area contributed by atoms with E-state index in [1.165, 1.54) is 12.1 Å². The number of carbonyl (C=O) groups is 1. The Labute approximate surface area is 148 Å². The van der Waals surface area contributed by atoms with Gasteiger partial charge < -0.3 is 10.0 Å². The van der Waals surface area contributed by atoms with Gasteiger partial charge in [-0.15, -0.1) is 0 Å². The first-order valence-corrected chi connectivity index (χ1v) is 8.86. The van der Waals surface area contributed by atoms with E-state index < -0.39 is 0 Å². The van der Waals surface area contributed by atoms with Crippen LogP contribution in [-0.2, 0) is 6.42 Å². The standard InChI is InChI=1S/C21H24FNO2/c1-15-4-9-18(13-20(15)24)21(25)23-12-2-3-17(14-23)6-5-16-7-10-19(22)11-8-16/h4,7-11,13,17,24H,2-3,5-6,12,14H2,1H3/t17-/m0/s1. The number of phenols is 1. The maximum Gasteiger partial charge on any atom is 0.253 e. The van der Waals surface area contributed by atoms with Gasteiger partial charge in [0.15, 0.2) is 0 Å². The van der Waals surface area contributed by atoms with E-state index in [2.05, 4.69) is 0 Å². The molecule has 25 heavy (non-hydrogen) atoms. The summed E-state index contributed by atoms with van der Waals surface area (Å²) in [6.07, 6.45) is 4.01. The molecule has 1 saturated heterocycles. The molecule has 1 amide bonds. The molecule has 1 atom stereocenters. The second kappa shape index (κ2) is 7.68. The average molecular weight is 341 g/mol. The Bertz CT molecular complexity index is 742. The lowest BCUT2D eigenvalue weighted by Crippen LogP contribution is -2.40. The third-order valence-corrected chi connectivity index (χ3v) is 5.02. The molecule has 1 aliphatic heterocycles. The maximum absolute atomic E-state index is 13.0. The van der Waals surface area contributed by atoms with Crippen molar-refractivity contribution in [2.24, 2.45) is 5.92 Å². The lowest BCUT2D eigenvalue weighted by Gasteiger charge is -2.33. The fraction of sp³-hybridized carbons (Fsp3) is 0.381. The molecular formula is C21H24FNO2. The van der Waals surface area contributed by atoms with Gasteiger partial charge in [-0.2, -0.15) is 0 Å². The van der Waals surface area contributed by atoms with Crippen LogP contribution >= 0.6 is 0 Å². The van der Waals surface area contributed by atoms with Crippen molar-refractivity contribution in [1.29, 1.82) is 0 Å². The molecule has 0 unspecified atom stereocenters. The van der Waals surface area contributed by atoms with E-state index in [1.807, 2.05) is 24.0 Å². The number of hydrogen-bond acceptors (Lipinski definition) is 2. The first-order valence-electron chi connectivity index (χ1n) is 8.86. The second-order valence-corrected chi connectivity index (χ2v) is 6.93. The Kier molecular flexibility index (Phi) is 5.37. The molecule has 0 aromatic heterocycles. The minimum atomic E-state index is -0.209. The molecule has 4 heteroatoms. The highest BCUT2D eigenvalue weighted by molar-refractivity contribution is 5.94. The second-order valence-electron chi connectivity index (χ2n) is 6.93. The van der Waals surface area contributed by atoms with Crippen LogP contribution in [-0.4, -0.2) is 29.0 Å². The summed E-state index contributed by atoms with van der Waals surface area (Å²) in [7, 11) is 0. The number of carbonyl (C=O) groups excluding carboxylic acids is 1. The number of benzene rings is 2. The molecule has 2 aromatic rings. The summed E-state index contributed by atoms with van der Waals surface area (Å²) < 4.78 is 13.0. The van der Waals surface area contributed by atoms with Crippen molar-refractivity contribution in [3.8, 4) is 5.75 Å². The Hall–Kier alpha value is -2.36. The van der Waals surface area contributed by atoms with Crippen LogP contribution in [0.3, 0.4) is 0 Å². The van der Waals surface area contributed by atoms with Crippen LogP contribution in [0.4, 0.5) is 4.39 Å². The molecule has 1 heterocycles. The van der Waals surface area contributed by atoms with Gasteiger partial charge in [-0.3, -0.25) is 4.79 Å². The highest BCUT2D eigenvalue weighted by Crippen LogP contribution is 2.24. The van der Waals surface area contributed by atoms with Gasteiger partial charge in [-0.05, 0) is 73.9 Å². The Morgan fingerprint density at radius 2 is 2.00 bits per heavy atom. The minimum Gasteiger partial charge on any atom is -0.508 e. The van der Waals surface area contributed by atoms with Crippen LogP contribution in [0.2, 0.25) is 0 Å². The Morgan fingerprint density at radius 1 is 1.24 bits per heavy atom. The topological polar surface area (TPSA) is 40.5 Å². The van der Waals surface area contributed by atoms with Crippen molar-refractivity contribution in [3.63, 3.8) is 0 Å². The lowest BCUT2D eigenvalue weighted by molar-refractivity contribution is 0.0668. The van der Waals surface area contributed by atoms with E-state index in [1.54, 1.807) is 18.2 Å². The van der Waals surface area contributed by atoms with Gasteiger partial charge in [0.05, 0.1) is 0 Å². The molecule has 1 fully saturated rings. The summed E-state index contributed by atoms with van der Waals surface area (Å²) in [5.41, 5.74) is 2.45. The summed E-state index contributed by atoms with van der Waals surface area (Å²) in [6, 6.07) is 11.8. The van der Waals surface area contributed by atoms with Crippen molar-refractivity contribution in [2.45, 2.75) is 32.6 Å². The molecule has 0 saturated carbocycles. The number of phenolic OH excluding ortho intramolecular Hbond substituents is 1. The molecule has 0 aliphatic carbocycles. The van der Waals surface area contributed by atoms with Crippen LogP contribution in [0.5, 0.6) is 5.75 Å². The summed E-state index contributed by atoms with van der Waals surface area (Å²) in [5.74, 6) is 0.402. The maximum atomic E-state index is 13.0. The SMILES string of the molecule is Cc1ccc(C(=O)N2CCC[C@@H](CCc3ccc(F)cc3)C2)cc1O.